The molecule has 0 aliphatic carbocycles. The summed E-state index contributed by atoms with van der Waals surface area (Å²) < 4.78 is 0. The van der Waals surface area contributed by atoms with E-state index in [-0.39, 0.29) is 5.69 Å². The fraction of sp³-hybridized carbons (Fsp3) is 0.571. The molecule has 1 N–H and O–H groups in total. The predicted octanol–water partition coefficient (Wildman–Crippen LogP) is 3.39. The van der Waals surface area contributed by atoms with Crippen molar-refractivity contribution in [2.24, 2.45) is 5.92 Å². The summed E-state index contributed by atoms with van der Waals surface area (Å²) >= 11 is 6.13. The van der Waals surface area contributed by atoms with Gasteiger partial charge >= 0.3 is 0 Å². The smallest absolute Gasteiger partial charge is 0.271 e. The monoisotopic (exact) mass is 297 g/mol. The first kappa shape index (κ1) is 15.1. The number of non-ortho nitro benzene ring substituents is 1. The number of nitro benzene ring substituents is 1. The molecule has 2 rings (SSSR count). The Balaban J connectivity index is 2.12. The fourth-order valence-electron chi connectivity index (χ4n) is 2.68. The average Bonchev–Trinajstić information content (AvgIpc) is 2.37. The summed E-state index contributed by atoms with van der Waals surface area (Å²) in [4.78, 5) is 12.6. The van der Waals surface area contributed by atoms with Crippen molar-refractivity contribution in [3.05, 3.63) is 33.3 Å². The summed E-state index contributed by atoms with van der Waals surface area (Å²) in [6.45, 7) is 5.45. The van der Waals surface area contributed by atoms with Crippen molar-refractivity contribution < 1.29 is 4.92 Å². The molecule has 1 aliphatic rings. The zero-order valence-electron chi connectivity index (χ0n) is 12.0. The van der Waals surface area contributed by atoms with E-state index in [0.29, 0.717) is 23.0 Å². The van der Waals surface area contributed by atoms with Gasteiger partial charge in [-0.05, 0) is 32.4 Å². The highest BCUT2D eigenvalue weighted by molar-refractivity contribution is 6.33. The Kier molecular flexibility index (Phi) is 4.50. The summed E-state index contributed by atoms with van der Waals surface area (Å²) in [5, 5.41) is 14.5. The molecule has 0 spiro atoms. The molecule has 0 aromatic heterocycles. The number of hydrogen-bond donors (Lipinski definition) is 1. The van der Waals surface area contributed by atoms with Crippen LogP contribution in [0, 0.1) is 16.0 Å². The first-order valence-corrected chi connectivity index (χ1v) is 7.17. The van der Waals surface area contributed by atoms with Gasteiger partial charge in [-0.1, -0.05) is 18.5 Å². The van der Waals surface area contributed by atoms with Crippen LogP contribution >= 0.6 is 11.6 Å². The van der Waals surface area contributed by atoms with Gasteiger partial charge in [0.05, 0.1) is 15.6 Å². The van der Waals surface area contributed by atoms with Gasteiger partial charge in [-0.2, -0.15) is 0 Å². The lowest BCUT2D eigenvalue weighted by molar-refractivity contribution is -0.384. The third kappa shape index (κ3) is 3.22. The Hall–Kier alpha value is -1.33. The summed E-state index contributed by atoms with van der Waals surface area (Å²) in [5.41, 5.74) is 0.788. The summed E-state index contributed by atoms with van der Waals surface area (Å²) in [5.74, 6) is 0.502. The maximum Gasteiger partial charge on any atom is 0.271 e. The molecule has 1 heterocycles. The second-order valence-corrected chi connectivity index (χ2v) is 6.08. The number of hydrogen-bond acceptors (Lipinski definition) is 4. The lowest BCUT2D eigenvalue weighted by atomic mass is 9.89. The molecular weight excluding hydrogens is 278 g/mol. The molecule has 0 amide bonds. The molecule has 20 heavy (non-hydrogen) atoms. The Labute approximate surface area is 124 Å². The standard InChI is InChI=1S/C14H20ClN3O2/c1-9-8-17(3)10(2)6-14(9)16-13-5-4-11(18(19)20)7-12(13)15/h4-5,7,9-10,14,16H,6,8H2,1-3H3. The van der Waals surface area contributed by atoms with Gasteiger partial charge in [0.25, 0.3) is 5.69 Å². The van der Waals surface area contributed by atoms with Gasteiger partial charge in [-0.25, -0.2) is 0 Å². The van der Waals surface area contributed by atoms with Gasteiger partial charge < -0.3 is 10.2 Å². The topological polar surface area (TPSA) is 58.4 Å². The zero-order chi connectivity index (χ0) is 14.9. The zero-order valence-corrected chi connectivity index (χ0v) is 12.7. The molecule has 1 aliphatic heterocycles. The molecule has 1 saturated heterocycles. The van der Waals surface area contributed by atoms with Crippen LogP contribution in [0.25, 0.3) is 0 Å². The second kappa shape index (κ2) is 5.97. The van der Waals surface area contributed by atoms with E-state index in [2.05, 4.69) is 31.1 Å². The Morgan fingerprint density at radius 2 is 2.15 bits per heavy atom. The van der Waals surface area contributed by atoms with E-state index in [1.165, 1.54) is 12.1 Å². The highest BCUT2D eigenvalue weighted by Gasteiger charge is 2.29. The van der Waals surface area contributed by atoms with Crippen LogP contribution in [-0.4, -0.2) is 35.5 Å². The van der Waals surface area contributed by atoms with Gasteiger partial charge in [-0.15, -0.1) is 0 Å². The number of nitro groups is 1. The van der Waals surface area contributed by atoms with Crippen LogP contribution in [0.5, 0.6) is 0 Å². The van der Waals surface area contributed by atoms with Crippen molar-refractivity contribution in [2.45, 2.75) is 32.4 Å². The molecule has 1 fully saturated rings. The molecule has 3 atom stereocenters. The van der Waals surface area contributed by atoms with Crippen LogP contribution in [0.2, 0.25) is 5.02 Å². The molecule has 0 radical (unpaired) electrons. The second-order valence-electron chi connectivity index (χ2n) is 5.67. The molecule has 5 nitrogen and oxygen atoms in total. The highest BCUT2D eigenvalue weighted by Crippen LogP contribution is 2.30. The normalized spacial score (nSPS) is 27.3. The van der Waals surface area contributed by atoms with Crippen molar-refractivity contribution in [1.82, 2.24) is 4.90 Å². The Morgan fingerprint density at radius 1 is 1.45 bits per heavy atom. The number of anilines is 1. The quantitative estimate of drug-likeness (QED) is 0.686. The van der Waals surface area contributed by atoms with E-state index >= 15 is 0 Å². The van der Waals surface area contributed by atoms with E-state index in [0.717, 1.165) is 18.7 Å². The lowest BCUT2D eigenvalue weighted by Gasteiger charge is -2.40. The molecular formula is C14H20ClN3O2. The minimum atomic E-state index is -0.435. The number of rotatable bonds is 3. The summed E-state index contributed by atoms with van der Waals surface area (Å²) in [6.07, 6.45) is 1.03. The molecule has 1 aromatic rings. The van der Waals surface area contributed by atoms with Gasteiger partial charge in [0.1, 0.15) is 0 Å². The van der Waals surface area contributed by atoms with Crippen LogP contribution in [0.3, 0.4) is 0 Å². The minimum absolute atomic E-state index is 0.0188. The number of nitrogens with one attached hydrogen (secondary N) is 1. The highest BCUT2D eigenvalue weighted by atomic mass is 35.5. The van der Waals surface area contributed by atoms with Crippen LogP contribution in [-0.2, 0) is 0 Å². The molecule has 0 saturated carbocycles. The Morgan fingerprint density at radius 3 is 2.75 bits per heavy atom. The minimum Gasteiger partial charge on any atom is -0.381 e. The summed E-state index contributed by atoms with van der Waals surface area (Å²) in [7, 11) is 2.14. The van der Waals surface area contributed by atoms with Crippen molar-refractivity contribution in [2.75, 3.05) is 18.9 Å². The van der Waals surface area contributed by atoms with Crippen molar-refractivity contribution in [3.63, 3.8) is 0 Å². The SMILES string of the molecule is CC1CN(C)C(C)CC1Nc1ccc([N+](=O)[O-])cc1Cl. The third-order valence-corrected chi connectivity index (χ3v) is 4.43. The Bertz CT molecular complexity index is 509. The van der Waals surface area contributed by atoms with Crippen molar-refractivity contribution >= 4 is 23.0 Å². The van der Waals surface area contributed by atoms with E-state index in [1.54, 1.807) is 6.07 Å². The van der Waals surface area contributed by atoms with E-state index in [1.807, 2.05) is 0 Å². The van der Waals surface area contributed by atoms with E-state index in [4.69, 9.17) is 11.6 Å². The number of benzene rings is 1. The number of piperidine rings is 1. The van der Waals surface area contributed by atoms with Crippen LogP contribution < -0.4 is 5.32 Å². The number of halogens is 1. The maximum absolute atomic E-state index is 10.7. The molecule has 110 valence electrons. The predicted molar refractivity (Wildman–Crippen MR) is 81.4 cm³/mol. The largest absolute Gasteiger partial charge is 0.381 e. The van der Waals surface area contributed by atoms with Gasteiger partial charge in [0.2, 0.25) is 0 Å². The van der Waals surface area contributed by atoms with Gasteiger partial charge in [0, 0.05) is 30.8 Å². The third-order valence-electron chi connectivity index (χ3n) is 4.11. The van der Waals surface area contributed by atoms with Crippen LogP contribution in [0.15, 0.2) is 18.2 Å². The number of likely N-dealkylation sites (tertiary alicyclic amines) is 1. The maximum atomic E-state index is 10.7. The molecule has 6 heteroatoms. The van der Waals surface area contributed by atoms with Crippen molar-refractivity contribution in [3.8, 4) is 0 Å². The number of nitrogens with zero attached hydrogens (tertiary/aromatic N) is 2. The first-order chi connectivity index (χ1) is 9.38. The fourth-order valence-corrected chi connectivity index (χ4v) is 2.91. The molecule has 3 unspecified atom stereocenters. The van der Waals surface area contributed by atoms with Gasteiger partial charge in [0.15, 0.2) is 0 Å². The van der Waals surface area contributed by atoms with Crippen molar-refractivity contribution in [1.29, 1.82) is 0 Å². The molecule has 0 bridgehead atoms. The lowest BCUT2D eigenvalue weighted by Crippen LogP contribution is -2.48. The summed E-state index contributed by atoms with van der Waals surface area (Å²) in [6, 6.07) is 5.42. The van der Waals surface area contributed by atoms with E-state index < -0.39 is 4.92 Å². The average molecular weight is 298 g/mol. The first-order valence-electron chi connectivity index (χ1n) is 6.79. The van der Waals surface area contributed by atoms with E-state index in [9.17, 15) is 10.1 Å². The van der Waals surface area contributed by atoms with Crippen LogP contribution in [0.1, 0.15) is 20.3 Å². The molecule has 1 aromatic carbocycles. The van der Waals surface area contributed by atoms with Gasteiger partial charge in [-0.3, -0.25) is 10.1 Å². The van der Waals surface area contributed by atoms with Crippen LogP contribution in [0.4, 0.5) is 11.4 Å².